The van der Waals surface area contributed by atoms with Crippen LogP contribution in [0.25, 0.3) is 0 Å². The van der Waals surface area contributed by atoms with Crippen LogP contribution in [-0.4, -0.2) is 79.0 Å². The van der Waals surface area contributed by atoms with Gasteiger partial charge >= 0.3 is 0 Å². The number of piperazine rings is 1. The molecule has 36 heavy (non-hydrogen) atoms. The highest BCUT2D eigenvalue weighted by Crippen LogP contribution is 2.37. The summed E-state index contributed by atoms with van der Waals surface area (Å²) < 4.78 is 5.55. The number of anilines is 1. The third-order valence-electron chi connectivity index (χ3n) is 8.04. The number of rotatable bonds is 12. The Balaban J connectivity index is 1.14. The van der Waals surface area contributed by atoms with Crippen molar-refractivity contribution in [1.82, 2.24) is 9.80 Å². The van der Waals surface area contributed by atoms with Crippen LogP contribution in [0.3, 0.4) is 0 Å². The van der Waals surface area contributed by atoms with Crippen LogP contribution in [0, 0.1) is 0 Å². The van der Waals surface area contributed by atoms with E-state index in [1.807, 2.05) is 18.2 Å². The van der Waals surface area contributed by atoms with Crippen molar-refractivity contribution in [2.24, 2.45) is 0 Å². The quantitative estimate of drug-likeness (QED) is 0.317. The molecule has 0 radical (unpaired) electrons. The SMILES string of the molecule is CCCN(CCCCCCN1CCN(c2ccccc2OC)CC1)[C@H]1CCc2c(ccc(O)c2O)C1. The van der Waals surface area contributed by atoms with Gasteiger partial charge in [-0.2, -0.15) is 0 Å². The number of hydrogen-bond donors (Lipinski definition) is 2. The Morgan fingerprint density at radius 2 is 1.72 bits per heavy atom. The van der Waals surface area contributed by atoms with Crippen LogP contribution in [0.2, 0.25) is 0 Å². The second-order valence-electron chi connectivity index (χ2n) is 10.4. The zero-order valence-corrected chi connectivity index (χ0v) is 22.3. The third kappa shape index (κ3) is 6.65. The molecule has 6 nitrogen and oxygen atoms in total. The van der Waals surface area contributed by atoms with Crippen molar-refractivity contribution in [3.05, 3.63) is 47.5 Å². The van der Waals surface area contributed by atoms with Crippen LogP contribution in [0.1, 0.15) is 56.6 Å². The van der Waals surface area contributed by atoms with Gasteiger partial charge in [-0.1, -0.05) is 38.0 Å². The van der Waals surface area contributed by atoms with Gasteiger partial charge in [-0.05, 0) is 81.9 Å². The zero-order valence-electron chi connectivity index (χ0n) is 22.3. The summed E-state index contributed by atoms with van der Waals surface area (Å²) in [6.45, 7) is 10.1. The Hall–Kier alpha value is -2.44. The lowest BCUT2D eigenvalue weighted by Crippen LogP contribution is -2.46. The van der Waals surface area contributed by atoms with Gasteiger partial charge in [0, 0.05) is 37.8 Å². The van der Waals surface area contributed by atoms with E-state index in [1.165, 1.54) is 49.9 Å². The normalized spacial score (nSPS) is 18.4. The van der Waals surface area contributed by atoms with Gasteiger partial charge in [0.05, 0.1) is 12.8 Å². The molecule has 1 aliphatic heterocycles. The summed E-state index contributed by atoms with van der Waals surface area (Å²) in [4.78, 5) is 7.73. The molecule has 2 aromatic carbocycles. The molecule has 1 fully saturated rings. The Labute approximate surface area is 217 Å². The average molecular weight is 496 g/mol. The molecule has 0 aromatic heterocycles. The van der Waals surface area contributed by atoms with Gasteiger partial charge in [0.15, 0.2) is 11.5 Å². The van der Waals surface area contributed by atoms with Gasteiger partial charge in [0.25, 0.3) is 0 Å². The first-order valence-electron chi connectivity index (χ1n) is 14.0. The van der Waals surface area contributed by atoms with E-state index in [1.54, 1.807) is 13.2 Å². The molecule has 0 saturated carbocycles. The molecule has 2 N–H and O–H groups in total. The van der Waals surface area contributed by atoms with Crippen molar-refractivity contribution in [3.63, 3.8) is 0 Å². The number of hydrogen-bond acceptors (Lipinski definition) is 6. The van der Waals surface area contributed by atoms with E-state index in [4.69, 9.17) is 4.74 Å². The van der Waals surface area contributed by atoms with E-state index in [0.29, 0.717) is 6.04 Å². The van der Waals surface area contributed by atoms with Crippen LogP contribution in [0.5, 0.6) is 17.2 Å². The van der Waals surface area contributed by atoms with Crippen molar-refractivity contribution in [2.75, 3.05) is 57.8 Å². The summed E-state index contributed by atoms with van der Waals surface area (Å²) in [5, 5.41) is 20.0. The maximum absolute atomic E-state index is 10.2. The fourth-order valence-corrected chi connectivity index (χ4v) is 5.99. The van der Waals surface area contributed by atoms with Gasteiger partial charge in [0.1, 0.15) is 5.75 Å². The van der Waals surface area contributed by atoms with Crippen molar-refractivity contribution in [1.29, 1.82) is 0 Å². The Morgan fingerprint density at radius 1 is 0.944 bits per heavy atom. The van der Waals surface area contributed by atoms with E-state index in [-0.39, 0.29) is 11.5 Å². The van der Waals surface area contributed by atoms with Crippen molar-refractivity contribution < 1.29 is 14.9 Å². The number of nitrogens with zero attached hydrogens (tertiary/aromatic N) is 3. The minimum atomic E-state index is 0.0101. The van der Waals surface area contributed by atoms with Crippen LogP contribution in [0.15, 0.2) is 36.4 Å². The molecule has 0 unspecified atom stereocenters. The lowest BCUT2D eigenvalue weighted by Gasteiger charge is -2.36. The Bertz CT molecular complexity index is 958. The first-order valence-corrected chi connectivity index (χ1v) is 14.0. The number of unbranched alkanes of at least 4 members (excludes halogenated alkanes) is 3. The third-order valence-corrected chi connectivity index (χ3v) is 8.04. The van der Waals surface area contributed by atoms with E-state index >= 15 is 0 Å². The largest absolute Gasteiger partial charge is 0.504 e. The van der Waals surface area contributed by atoms with Gasteiger partial charge in [-0.3, -0.25) is 4.90 Å². The Kier molecular flexibility index (Phi) is 9.76. The van der Waals surface area contributed by atoms with E-state index in [0.717, 1.165) is 69.8 Å². The lowest BCUT2D eigenvalue weighted by atomic mass is 9.86. The summed E-state index contributed by atoms with van der Waals surface area (Å²) in [5.74, 6) is 1.07. The van der Waals surface area contributed by atoms with Crippen molar-refractivity contribution in [3.8, 4) is 17.2 Å². The number of phenols is 2. The smallest absolute Gasteiger partial charge is 0.160 e. The Morgan fingerprint density at radius 3 is 2.50 bits per heavy atom. The monoisotopic (exact) mass is 495 g/mol. The summed E-state index contributed by atoms with van der Waals surface area (Å²) in [6, 6.07) is 12.5. The maximum atomic E-state index is 10.2. The first-order chi connectivity index (χ1) is 17.6. The van der Waals surface area contributed by atoms with Gasteiger partial charge < -0.3 is 24.7 Å². The van der Waals surface area contributed by atoms with Crippen molar-refractivity contribution >= 4 is 5.69 Å². The molecule has 1 saturated heterocycles. The molecular formula is C30H45N3O3. The second kappa shape index (κ2) is 13.2. The second-order valence-corrected chi connectivity index (χ2v) is 10.4. The fourth-order valence-electron chi connectivity index (χ4n) is 5.99. The summed E-state index contributed by atoms with van der Waals surface area (Å²) in [7, 11) is 1.75. The number of methoxy groups -OCH3 is 1. The highest BCUT2D eigenvalue weighted by Gasteiger charge is 2.26. The molecule has 4 rings (SSSR count). The predicted molar refractivity (Wildman–Crippen MR) is 148 cm³/mol. The number of aromatic hydroxyl groups is 2. The molecule has 0 spiro atoms. The highest BCUT2D eigenvalue weighted by atomic mass is 16.5. The zero-order chi connectivity index (χ0) is 25.3. The summed E-state index contributed by atoms with van der Waals surface area (Å²) in [6.07, 6.45) is 9.19. The topological polar surface area (TPSA) is 59.4 Å². The van der Waals surface area contributed by atoms with Gasteiger partial charge in [0.2, 0.25) is 0 Å². The molecular weight excluding hydrogens is 450 g/mol. The van der Waals surface area contributed by atoms with Gasteiger partial charge in [-0.25, -0.2) is 0 Å². The number of benzene rings is 2. The molecule has 2 aromatic rings. The molecule has 0 bridgehead atoms. The standard InChI is InChI=1S/C30H45N3O3/c1-3-16-32(25-13-14-26-24(23-25)12-15-28(34)30(26)35)18-9-5-4-8-17-31-19-21-33(22-20-31)27-10-6-7-11-29(27)36-2/h6-7,10-12,15,25,34-35H,3-5,8-9,13-14,16-23H2,1-2H3/t25-/m0/s1. The van der Waals surface area contributed by atoms with E-state index < -0.39 is 0 Å². The highest BCUT2D eigenvalue weighted by molar-refractivity contribution is 5.58. The average Bonchev–Trinajstić information content (AvgIpc) is 2.92. The maximum Gasteiger partial charge on any atom is 0.160 e. The minimum absolute atomic E-state index is 0.0101. The minimum Gasteiger partial charge on any atom is -0.504 e. The van der Waals surface area contributed by atoms with Gasteiger partial charge in [-0.15, -0.1) is 0 Å². The molecule has 6 heteroatoms. The lowest BCUT2D eigenvalue weighted by molar-refractivity contribution is 0.174. The van der Waals surface area contributed by atoms with Crippen LogP contribution < -0.4 is 9.64 Å². The molecule has 1 heterocycles. The van der Waals surface area contributed by atoms with Crippen LogP contribution in [-0.2, 0) is 12.8 Å². The molecule has 2 aliphatic rings. The summed E-state index contributed by atoms with van der Waals surface area (Å²) >= 11 is 0. The number of phenolic OH excluding ortho intramolecular Hbond substituents is 2. The number of ether oxygens (including phenoxy) is 1. The first kappa shape index (κ1) is 26.6. The number of fused-ring (bicyclic) bond motifs is 1. The van der Waals surface area contributed by atoms with Crippen LogP contribution in [0.4, 0.5) is 5.69 Å². The fraction of sp³-hybridized carbons (Fsp3) is 0.600. The molecule has 1 aliphatic carbocycles. The van der Waals surface area contributed by atoms with E-state index in [2.05, 4.69) is 33.8 Å². The molecule has 1 atom stereocenters. The molecule has 198 valence electrons. The predicted octanol–water partition coefficient (Wildman–Crippen LogP) is 5.06. The number of para-hydroxylation sites is 2. The summed E-state index contributed by atoms with van der Waals surface area (Å²) in [5.41, 5.74) is 3.37. The van der Waals surface area contributed by atoms with Crippen molar-refractivity contribution in [2.45, 2.75) is 64.3 Å². The van der Waals surface area contributed by atoms with E-state index in [9.17, 15) is 10.2 Å². The molecule has 0 amide bonds. The van der Waals surface area contributed by atoms with Crippen LogP contribution >= 0.6 is 0 Å².